The third kappa shape index (κ3) is 3.49. The number of hydrogen-bond acceptors (Lipinski definition) is 4. The van der Waals surface area contributed by atoms with Gasteiger partial charge < -0.3 is 9.47 Å². The molecule has 0 aliphatic rings. The second kappa shape index (κ2) is 5.72. The summed E-state index contributed by atoms with van der Waals surface area (Å²) >= 11 is 5.93. The van der Waals surface area contributed by atoms with Crippen LogP contribution in [0.1, 0.15) is 20.8 Å². The minimum Gasteiger partial charge on any atom is -0.488 e. The van der Waals surface area contributed by atoms with Crippen LogP contribution in [0.4, 0.5) is 5.69 Å². The van der Waals surface area contributed by atoms with Crippen LogP contribution >= 0.6 is 11.6 Å². The number of rotatable bonds is 5. The first-order chi connectivity index (χ1) is 7.95. The van der Waals surface area contributed by atoms with Gasteiger partial charge in [0.1, 0.15) is 0 Å². The fraction of sp³-hybridized carbons (Fsp3) is 0.455. The summed E-state index contributed by atoms with van der Waals surface area (Å²) in [5, 5.41) is 10.9. The van der Waals surface area contributed by atoms with Crippen LogP contribution in [0.15, 0.2) is 12.1 Å². The molecule has 0 amide bonds. The highest BCUT2D eigenvalue weighted by molar-refractivity contribution is 6.32. The number of halogens is 1. The maximum atomic E-state index is 10.7. The van der Waals surface area contributed by atoms with Crippen LogP contribution in [0.5, 0.6) is 11.5 Å². The quantitative estimate of drug-likeness (QED) is 0.600. The zero-order valence-corrected chi connectivity index (χ0v) is 10.7. The lowest BCUT2D eigenvalue weighted by molar-refractivity contribution is -0.385. The average molecular weight is 260 g/mol. The van der Waals surface area contributed by atoms with Crippen LogP contribution in [0.3, 0.4) is 0 Å². The molecule has 0 spiro atoms. The summed E-state index contributed by atoms with van der Waals surface area (Å²) in [6, 6.07) is 2.57. The molecule has 5 nitrogen and oxygen atoms in total. The predicted molar refractivity (Wildman–Crippen MR) is 65.0 cm³/mol. The van der Waals surface area contributed by atoms with Crippen molar-refractivity contribution in [2.45, 2.75) is 26.9 Å². The van der Waals surface area contributed by atoms with Crippen LogP contribution in [-0.2, 0) is 0 Å². The van der Waals surface area contributed by atoms with Crippen molar-refractivity contribution >= 4 is 17.3 Å². The van der Waals surface area contributed by atoms with E-state index in [0.29, 0.717) is 18.1 Å². The molecule has 0 bridgehead atoms. The van der Waals surface area contributed by atoms with E-state index in [-0.39, 0.29) is 16.8 Å². The standard InChI is InChI=1S/C11H14ClNO4/c1-4-16-11-9(12)5-8(13(14)15)6-10(11)17-7(2)3/h5-7H,4H2,1-3H3. The number of benzene rings is 1. The van der Waals surface area contributed by atoms with Gasteiger partial charge in [-0.15, -0.1) is 0 Å². The van der Waals surface area contributed by atoms with Crippen molar-refractivity contribution < 1.29 is 14.4 Å². The van der Waals surface area contributed by atoms with Crippen molar-refractivity contribution in [1.82, 2.24) is 0 Å². The van der Waals surface area contributed by atoms with Gasteiger partial charge in [0.2, 0.25) is 0 Å². The molecule has 0 heterocycles. The Balaban J connectivity index is 3.23. The maximum absolute atomic E-state index is 10.7. The molecule has 0 unspecified atom stereocenters. The van der Waals surface area contributed by atoms with E-state index in [2.05, 4.69) is 0 Å². The summed E-state index contributed by atoms with van der Waals surface area (Å²) in [6.07, 6.45) is -0.118. The Morgan fingerprint density at radius 1 is 1.47 bits per heavy atom. The number of ether oxygens (including phenoxy) is 2. The SMILES string of the molecule is CCOc1c(Cl)cc([N+](=O)[O-])cc1OC(C)C. The molecule has 1 aromatic rings. The van der Waals surface area contributed by atoms with Gasteiger partial charge in [0, 0.05) is 6.07 Å². The molecule has 17 heavy (non-hydrogen) atoms. The Hall–Kier alpha value is -1.49. The maximum Gasteiger partial charge on any atom is 0.274 e. The van der Waals surface area contributed by atoms with Gasteiger partial charge in [-0.2, -0.15) is 0 Å². The molecule has 1 aromatic carbocycles. The van der Waals surface area contributed by atoms with Gasteiger partial charge in [-0.3, -0.25) is 10.1 Å². The molecular weight excluding hydrogens is 246 g/mol. The first-order valence-corrected chi connectivity index (χ1v) is 5.60. The Morgan fingerprint density at radius 3 is 2.59 bits per heavy atom. The highest BCUT2D eigenvalue weighted by atomic mass is 35.5. The van der Waals surface area contributed by atoms with E-state index < -0.39 is 4.92 Å². The number of non-ortho nitro benzene ring substituents is 1. The first kappa shape index (κ1) is 13.6. The predicted octanol–water partition coefficient (Wildman–Crippen LogP) is 3.43. The summed E-state index contributed by atoms with van der Waals surface area (Å²) in [6.45, 7) is 5.85. The zero-order valence-electron chi connectivity index (χ0n) is 9.90. The molecule has 1 rings (SSSR count). The van der Waals surface area contributed by atoms with E-state index in [1.807, 2.05) is 13.8 Å². The molecule has 0 fully saturated rings. The molecule has 94 valence electrons. The van der Waals surface area contributed by atoms with E-state index in [1.165, 1.54) is 12.1 Å². The van der Waals surface area contributed by atoms with Crippen LogP contribution in [0, 0.1) is 10.1 Å². The van der Waals surface area contributed by atoms with E-state index in [9.17, 15) is 10.1 Å². The zero-order chi connectivity index (χ0) is 13.0. The van der Waals surface area contributed by atoms with Gasteiger partial charge in [-0.25, -0.2) is 0 Å². The van der Waals surface area contributed by atoms with Crippen molar-refractivity contribution in [3.8, 4) is 11.5 Å². The van der Waals surface area contributed by atoms with Gasteiger partial charge in [-0.1, -0.05) is 11.6 Å². The Labute approximate surface area is 104 Å². The van der Waals surface area contributed by atoms with E-state index in [1.54, 1.807) is 6.92 Å². The summed E-state index contributed by atoms with van der Waals surface area (Å²) < 4.78 is 10.8. The van der Waals surface area contributed by atoms with Gasteiger partial charge in [0.25, 0.3) is 5.69 Å². The summed E-state index contributed by atoms with van der Waals surface area (Å²) in [7, 11) is 0. The lowest BCUT2D eigenvalue weighted by Crippen LogP contribution is -2.08. The highest BCUT2D eigenvalue weighted by Crippen LogP contribution is 2.39. The van der Waals surface area contributed by atoms with Gasteiger partial charge >= 0.3 is 0 Å². The third-order valence-electron chi connectivity index (χ3n) is 1.86. The molecule has 0 saturated heterocycles. The highest BCUT2D eigenvalue weighted by Gasteiger charge is 2.18. The topological polar surface area (TPSA) is 61.6 Å². The fourth-order valence-corrected chi connectivity index (χ4v) is 1.55. The first-order valence-electron chi connectivity index (χ1n) is 5.23. The van der Waals surface area contributed by atoms with Gasteiger partial charge in [-0.05, 0) is 20.8 Å². The number of nitrogens with zero attached hydrogens (tertiary/aromatic N) is 1. The summed E-state index contributed by atoms with van der Waals surface area (Å²) in [5.41, 5.74) is -0.117. The fourth-order valence-electron chi connectivity index (χ4n) is 1.29. The van der Waals surface area contributed by atoms with Crippen LogP contribution in [-0.4, -0.2) is 17.6 Å². The summed E-state index contributed by atoms with van der Waals surface area (Å²) in [5.74, 6) is 0.634. The van der Waals surface area contributed by atoms with Crippen molar-refractivity contribution in [3.05, 3.63) is 27.3 Å². The molecule has 0 N–H and O–H groups in total. The smallest absolute Gasteiger partial charge is 0.274 e. The minimum atomic E-state index is -0.519. The monoisotopic (exact) mass is 259 g/mol. The normalized spacial score (nSPS) is 10.4. The third-order valence-corrected chi connectivity index (χ3v) is 2.14. The Kier molecular flexibility index (Phi) is 4.57. The lowest BCUT2D eigenvalue weighted by atomic mass is 10.2. The molecule has 0 aliphatic heterocycles. The molecule has 0 saturated carbocycles. The molecule has 0 aromatic heterocycles. The molecule has 0 radical (unpaired) electrons. The summed E-state index contributed by atoms with van der Waals surface area (Å²) in [4.78, 5) is 10.2. The van der Waals surface area contributed by atoms with E-state index >= 15 is 0 Å². The van der Waals surface area contributed by atoms with E-state index in [4.69, 9.17) is 21.1 Å². The second-order valence-electron chi connectivity index (χ2n) is 3.61. The number of nitro benzene ring substituents is 1. The minimum absolute atomic E-state index is 0.117. The van der Waals surface area contributed by atoms with Crippen LogP contribution in [0.2, 0.25) is 5.02 Å². The largest absolute Gasteiger partial charge is 0.488 e. The number of nitro groups is 1. The molecular formula is C11H14ClNO4. The van der Waals surface area contributed by atoms with Crippen LogP contribution in [0.25, 0.3) is 0 Å². The number of hydrogen-bond donors (Lipinski definition) is 0. The Morgan fingerprint density at radius 2 is 2.12 bits per heavy atom. The Bertz CT molecular complexity index is 420. The van der Waals surface area contributed by atoms with E-state index in [0.717, 1.165) is 0 Å². The molecule has 0 aliphatic carbocycles. The van der Waals surface area contributed by atoms with Crippen molar-refractivity contribution in [1.29, 1.82) is 0 Å². The van der Waals surface area contributed by atoms with Gasteiger partial charge in [0.15, 0.2) is 11.5 Å². The van der Waals surface area contributed by atoms with Gasteiger partial charge in [0.05, 0.1) is 28.7 Å². The molecule has 6 heteroatoms. The lowest BCUT2D eigenvalue weighted by Gasteiger charge is -2.15. The average Bonchev–Trinajstić information content (AvgIpc) is 2.21. The van der Waals surface area contributed by atoms with Crippen molar-refractivity contribution in [2.24, 2.45) is 0 Å². The molecule has 0 atom stereocenters. The van der Waals surface area contributed by atoms with Crippen molar-refractivity contribution in [3.63, 3.8) is 0 Å². The second-order valence-corrected chi connectivity index (χ2v) is 4.02. The van der Waals surface area contributed by atoms with Crippen molar-refractivity contribution in [2.75, 3.05) is 6.61 Å². The van der Waals surface area contributed by atoms with Crippen LogP contribution < -0.4 is 9.47 Å².